The summed E-state index contributed by atoms with van der Waals surface area (Å²) in [6, 6.07) is 16.6. The summed E-state index contributed by atoms with van der Waals surface area (Å²) in [7, 11) is 1.77. The second-order valence-electron chi connectivity index (χ2n) is 9.40. The monoisotopic (exact) mass is 598 g/mol. The van der Waals surface area contributed by atoms with Crippen LogP contribution in [0.2, 0.25) is 0 Å². The Labute approximate surface area is 230 Å². The van der Waals surface area contributed by atoms with E-state index in [0.29, 0.717) is 31.4 Å². The smallest absolute Gasteiger partial charge is 0.254 e. The highest BCUT2D eigenvalue weighted by atomic mass is 127. The lowest BCUT2D eigenvalue weighted by atomic mass is 9.98. The highest BCUT2D eigenvalue weighted by Gasteiger charge is 2.30. The average molecular weight is 599 g/mol. The quantitative estimate of drug-likeness (QED) is 0.111. The third-order valence-corrected chi connectivity index (χ3v) is 7.88. The molecule has 6 heteroatoms. The molecule has 0 saturated carbocycles. The fourth-order valence-electron chi connectivity index (χ4n) is 4.54. The van der Waals surface area contributed by atoms with Crippen molar-refractivity contribution in [3.63, 3.8) is 0 Å². The molecule has 36 heavy (non-hydrogen) atoms. The van der Waals surface area contributed by atoms with Gasteiger partial charge in [-0.1, -0.05) is 85.8 Å². The summed E-state index contributed by atoms with van der Waals surface area (Å²) in [4.78, 5) is 26.7. The number of benzene rings is 2. The minimum atomic E-state index is 0.103. The molecule has 0 aromatic heterocycles. The van der Waals surface area contributed by atoms with Gasteiger partial charge in [0.15, 0.2) is 5.84 Å². The highest BCUT2D eigenvalue weighted by molar-refractivity contribution is 14.1. The molecule has 0 bridgehead atoms. The van der Waals surface area contributed by atoms with E-state index in [1.807, 2.05) is 23.2 Å². The minimum absolute atomic E-state index is 0.103. The predicted octanol–water partition coefficient (Wildman–Crippen LogP) is 6.35. The van der Waals surface area contributed by atoms with E-state index in [2.05, 4.69) is 96.2 Å². The van der Waals surface area contributed by atoms with Gasteiger partial charge in [-0.3, -0.25) is 9.79 Å². The number of halogens is 1. The van der Waals surface area contributed by atoms with E-state index in [4.69, 9.17) is 4.99 Å². The van der Waals surface area contributed by atoms with Crippen LogP contribution in [0.15, 0.2) is 70.8 Å². The van der Waals surface area contributed by atoms with Crippen molar-refractivity contribution < 1.29 is 4.79 Å². The number of hydrogen-bond donors (Lipinski definition) is 0. The van der Waals surface area contributed by atoms with E-state index in [-0.39, 0.29) is 9.96 Å². The van der Waals surface area contributed by atoms with Gasteiger partial charge in [-0.15, -0.1) is 0 Å². The molecule has 2 atom stereocenters. The fourth-order valence-corrected chi connectivity index (χ4v) is 5.63. The molecule has 2 unspecified atom stereocenters. The topological polar surface area (TPSA) is 48.3 Å². The van der Waals surface area contributed by atoms with Crippen LogP contribution in [0.4, 0.5) is 0 Å². The Morgan fingerprint density at radius 1 is 1.19 bits per heavy atom. The van der Waals surface area contributed by atoms with Crippen LogP contribution in [-0.2, 0) is 12.8 Å². The van der Waals surface area contributed by atoms with Crippen molar-refractivity contribution in [1.82, 2.24) is 9.80 Å². The molecule has 1 aliphatic heterocycles. The lowest BCUT2D eigenvalue weighted by Gasteiger charge is -2.40. The number of alkyl halides is 1. The number of aryl methyl sites for hydroxylation is 2. The Morgan fingerprint density at radius 2 is 1.94 bits per heavy atom. The molecule has 0 spiro atoms. The minimum Gasteiger partial charge on any atom is -0.354 e. The van der Waals surface area contributed by atoms with Crippen LogP contribution in [0.1, 0.15) is 53.7 Å². The number of rotatable bonds is 9. The van der Waals surface area contributed by atoms with E-state index in [1.54, 1.807) is 7.05 Å². The van der Waals surface area contributed by atoms with Crippen LogP contribution in [0.25, 0.3) is 0 Å². The standard InChI is InChI=1S/C30H39IN4O/c1-6-11-26-19-27(15-14-22(26)3)30(36)34-16-17-35(28(31)21-34)23(4)29(32-5)33-20-24(7-2)18-25-12-9-8-10-13-25/h8-10,12-15,19-20,24,28H,4,6-7,11,16-18,21H2,1-3,5H3. The van der Waals surface area contributed by atoms with Crippen LogP contribution < -0.4 is 0 Å². The maximum Gasteiger partial charge on any atom is 0.254 e. The van der Waals surface area contributed by atoms with Crippen molar-refractivity contribution in [3.8, 4) is 0 Å². The molecule has 1 aliphatic rings. The summed E-state index contributed by atoms with van der Waals surface area (Å²) in [5.74, 6) is 1.10. The lowest BCUT2D eigenvalue weighted by molar-refractivity contribution is 0.0663. The Kier molecular flexibility index (Phi) is 10.7. The van der Waals surface area contributed by atoms with Gasteiger partial charge in [0.05, 0.1) is 16.3 Å². The summed E-state index contributed by atoms with van der Waals surface area (Å²) >= 11 is 2.41. The summed E-state index contributed by atoms with van der Waals surface area (Å²) in [5, 5.41) is 0. The Hall–Kier alpha value is -2.48. The molecule has 1 saturated heterocycles. The summed E-state index contributed by atoms with van der Waals surface area (Å²) in [6.45, 7) is 12.8. The second-order valence-corrected chi connectivity index (χ2v) is 10.8. The first-order chi connectivity index (χ1) is 17.4. The van der Waals surface area contributed by atoms with Gasteiger partial charge in [-0.25, -0.2) is 4.99 Å². The lowest BCUT2D eigenvalue weighted by Crippen LogP contribution is -2.52. The zero-order chi connectivity index (χ0) is 26.1. The number of aliphatic imine (C=N–C) groups is 2. The van der Waals surface area contributed by atoms with Crippen molar-refractivity contribution in [2.75, 3.05) is 26.7 Å². The molecule has 2 aromatic rings. The van der Waals surface area contributed by atoms with Gasteiger partial charge in [0.2, 0.25) is 0 Å². The maximum absolute atomic E-state index is 13.3. The number of hydrogen-bond acceptors (Lipinski definition) is 3. The second kappa shape index (κ2) is 13.7. The molecule has 2 aromatic carbocycles. The van der Waals surface area contributed by atoms with E-state index in [0.717, 1.165) is 36.9 Å². The highest BCUT2D eigenvalue weighted by Crippen LogP contribution is 2.23. The van der Waals surface area contributed by atoms with Crippen molar-refractivity contribution in [2.45, 2.75) is 50.5 Å². The zero-order valence-electron chi connectivity index (χ0n) is 22.1. The molecule has 5 nitrogen and oxygen atoms in total. The van der Waals surface area contributed by atoms with Crippen molar-refractivity contribution >= 4 is 40.5 Å². The van der Waals surface area contributed by atoms with Gasteiger partial charge in [0, 0.05) is 31.9 Å². The first kappa shape index (κ1) is 28.1. The van der Waals surface area contributed by atoms with Crippen LogP contribution in [-0.4, -0.2) is 58.5 Å². The molecule has 1 heterocycles. The number of amides is 1. The van der Waals surface area contributed by atoms with Gasteiger partial charge in [0.1, 0.15) is 0 Å². The summed E-state index contributed by atoms with van der Waals surface area (Å²) in [6.07, 6.45) is 6.06. The summed E-state index contributed by atoms with van der Waals surface area (Å²) < 4.78 is 0.103. The van der Waals surface area contributed by atoms with Crippen LogP contribution in [0, 0.1) is 12.8 Å². The Bertz CT molecular complexity index is 1100. The molecular weight excluding hydrogens is 559 g/mol. The van der Waals surface area contributed by atoms with Crippen LogP contribution in [0.5, 0.6) is 0 Å². The normalized spacial score (nSPS) is 17.5. The predicted molar refractivity (Wildman–Crippen MR) is 161 cm³/mol. The van der Waals surface area contributed by atoms with Gasteiger partial charge in [0.25, 0.3) is 5.91 Å². The van der Waals surface area contributed by atoms with Crippen molar-refractivity contribution in [1.29, 1.82) is 0 Å². The molecule has 192 valence electrons. The number of amidine groups is 1. The Balaban J connectivity index is 1.63. The first-order valence-electron chi connectivity index (χ1n) is 12.9. The number of nitrogens with zero attached hydrogens (tertiary/aromatic N) is 4. The molecule has 0 aliphatic carbocycles. The molecular formula is C30H39IN4O. The molecule has 3 rings (SSSR count). The third-order valence-electron chi connectivity index (χ3n) is 6.81. The largest absolute Gasteiger partial charge is 0.354 e. The zero-order valence-corrected chi connectivity index (χ0v) is 24.2. The molecule has 0 N–H and O–H groups in total. The van der Waals surface area contributed by atoms with E-state index >= 15 is 0 Å². The van der Waals surface area contributed by atoms with Gasteiger partial charge in [-0.05, 0) is 60.9 Å². The maximum atomic E-state index is 13.3. The average Bonchev–Trinajstić information content (AvgIpc) is 2.89. The van der Waals surface area contributed by atoms with E-state index in [1.165, 1.54) is 16.7 Å². The number of piperazine rings is 1. The van der Waals surface area contributed by atoms with Gasteiger partial charge < -0.3 is 9.80 Å². The first-order valence-corrected chi connectivity index (χ1v) is 14.2. The van der Waals surface area contributed by atoms with E-state index in [9.17, 15) is 4.79 Å². The van der Waals surface area contributed by atoms with Crippen molar-refractivity contribution in [2.24, 2.45) is 15.9 Å². The van der Waals surface area contributed by atoms with Crippen LogP contribution >= 0.6 is 22.6 Å². The van der Waals surface area contributed by atoms with Crippen molar-refractivity contribution in [3.05, 3.63) is 83.1 Å². The summed E-state index contributed by atoms with van der Waals surface area (Å²) in [5.41, 5.74) is 5.43. The van der Waals surface area contributed by atoms with Gasteiger partial charge in [-0.2, -0.15) is 0 Å². The number of carbonyl (C=O) groups is 1. The molecule has 1 fully saturated rings. The molecule has 0 radical (unpaired) electrons. The molecule has 1 amide bonds. The van der Waals surface area contributed by atoms with Gasteiger partial charge >= 0.3 is 0 Å². The fraction of sp³-hybridized carbons (Fsp3) is 0.433. The Morgan fingerprint density at radius 3 is 2.58 bits per heavy atom. The number of carbonyl (C=O) groups excluding carboxylic acids is 1. The SMILES string of the molecule is C=C(C(N=CC(CC)Cc1ccccc1)=NC)N1CCN(C(=O)c2ccc(C)c(CCC)c2)CC1I. The van der Waals surface area contributed by atoms with E-state index < -0.39 is 0 Å². The van der Waals surface area contributed by atoms with Crippen LogP contribution in [0.3, 0.4) is 0 Å². The third kappa shape index (κ3) is 7.28.